The number of amides is 2. The van der Waals surface area contributed by atoms with Crippen LogP contribution >= 0.6 is 16.9 Å². The number of imide groups is 1. The molecule has 0 bridgehead atoms. The minimum Gasteiger partial charge on any atom is -0.355 e. The van der Waals surface area contributed by atoms with Gasteiger partial charge in [0, 0.05) is 45.6 Å². The van der Waals surface area contributed by atoms with E-state index in [1.807, 2.05) is 11.9 Å². The number of hydrogen-bond donors (Lipinski definition) is 1. The van der Waals surface area contributed by atoms with Crippen molar-refractivity contribution in [3.63, 3.8) is 0 Å². The van der Waals surface area contributed by atoms with E-state index in [4.69, 9.17) is 28.1 Å². The number of ether oxygens (including phenoxy) is 1. The van der Waals surface area contributed by atoms with Crippen LogP contribution in [0.15, 0.2) is 24.2 Å². The summed E-state index contributed by atoms with van der Waals surface area (Å²) in [7, 11) is 2.49. The maximum absolute atomic E-state index is 11.7. The van der Waals surface area contributed by atoms with Gasteiger partial charge in [0.1, 0.15) is 6.23 Å². The molecule has 2 amide bonds. The average Bonchev–Trinajstić information content (AvgIpc) is 2.87. The normalized spacial score (nSPS) is 14.5. The summed E-state index contributed by atoms with van der Waals surface area (Å²) in [5, 5.41) is 11.0. The van der Waals surface area contributed by atoms with Crippen LogP contribution < -0.4 is 5.32 Å². The summed E-state index contributed by atoms with van der Waals surface area (Å²) in [6.07, 6.45) is 6.90. The van der Waals surface area contributed by atoms with E-state index in [1.165, 1.54) is 6.08 Å². The molecule has 0 rings (SSSR count). The highest BCUT2D eigenvalue weighted by molar-refractivity contribution is 7.50. The Bertz CT molecular complexity index is 738. The van der Waals surface area contributed by atoms with Gasteiger partial charge >= 0.3 is 0 Å². The standard InChI is InChI=1S/C25H46N4O7P2/c1-9-23(36-38(35-18-10-15-26)29(21(2)3)22(4)5)12-13-25(28(6)16-14-24(31)27-20-30)34-17-11-19-37(32-7)33-8/h11,14,16,19-23,25H,9-10,12-13,17-18H2,1-8H3,(H,27,30,31)/b16-14-,19-11+. The van der Waals surface area contributed by atoms with Crippen molar-refractivity contribution in [2.24, 2.45) is 0 Å². The van der Waals surface area contributed by atoms with Gasteiger partial charge in [-0.2, -0.15) is 5.26 Å². The zero-order chi connectivity index (χ0) is 28.9. The van der Waals surface area contributed by atoms with Gasteiger partial charge in [0.25, 0.3) is 14.4 Å². The van der Waals surface area contributed by atoms with Gasteiger partial charge in [-0.3, -0.25) is 14.9 Å². The summed E-state index contributed by atoms with van der Waals surface area (Å²) < 4.78 is 31.3. The molecule has 218 valence electrons. The molecule has 0 aromatic rings. The van der Waals surface area contributed by atoms with Crippen molar-refractivity contribution in [2.45, 2.75) is 84.7 Å². The van der Waals surface area contributed by atoms with Gasteiger partial charge < -0.3 is 27.7 Å². The molecule has 3 atom stereocenters. The molecule has 1 N–H and O–H groups in total. The maximum atomic E-state index is 11.7. The van der Waals surface area contributed by atoms with Crippen molar-refractivity contribution < 1.29 is 32.4 Å². The van der Waals surface area contributed by atoms with E-state index in [9.17, 15) is 9.59 Å². The summed E-state index contributed by atoms with van der Waals surface area (Å²) in [5.41, 5.74) is 0. The van der Waals surface area contributed by atoms with Crippen molar-refractivity contribution in [2.75, 3.05) is 34.5 Å². The average molecular weight is 577 g/mol. The van der Waals surface area contributed by atoms with Gasteiger partial charge in [0.2, 0.25) is 6.41 Å². The Morgan fingerprint density at radius 1 is 1.13 bits per heavy atom. The Morgan fingerprint density at radius 3 is 2.32 bits per heavy atom. The SMILES string of the molecule is CCC(CCC(OC/C=C/P(OC)OC)N(C)/C=C\C(=O)NC=O)OP(OCCC#N)N(C(C)C)C(C)C. The first-order chi connectivity index (χ1) is 18.1. The summed E-state index contributed by atoms with van der Waals surface area (Å²) in [6, 6.07) is 2.54. The lowest BCUT2D eigenvalue weighted by Gasteiger charge is -2.37. The lowest BCUT2D eigenvalue weighted by molar-refractivity contribution is -0.121. The first-order valence-electron chi connectivity index (χ1n) is 12.7. The summed E-state index contributed by atoms with van der Waals surface area (Å²) in [4.78, 5) is 24.0. The predicted octanol–water partition coefficient (Wildman–Crippen LogP) is 5.02. The Hall–Kier alpha value is -1.47. The largest absolute Gasteiger partial charge is 0.355 e. The molecule has 0 saturated carbocycles. The van der Waals surface area contributed by atoms with Crippen molar-refractivity contribution in [3.05, 3.63) is 24.2 Å². The molecule has 0 saturated heterocycles. The second kappa shape index (κ2) is 22.4. The lowest BCUT2D eigenvalue weighted by Crippen LogP contribution is -2.35. The van der Waals surface area contributed by atoms with Crippen molar-refractivity contribution in [1.29, 1.82) is 5.26 Å². The molecule has 13 heteroatoms. The molecular formula is C25H46N4O7P2. The van der Waals surface area contributed by atoms with Crippen LogP contribution in [0.25, 0.3) is 0 Å². The highest BCUT2D eigenvalue weighted by Gasteiger charge is 2.30. The van der Waals surface area contributed by atoms with E-state index in [-0.39, 0.29) is 24.4 Å². The summed E-state index contributed by atoms with van der Waals surface area (Å²) in [5.74, 6) is 1.30. The number of hydrogen-bond acceptors (Lipinski definition) is 10. The maximum Gasteiger partial charge on any atom is 0.259 e. The Balaban J connectivity index is 5.51. The molecule has 0 spiro atoms. The number of nitriles is 1. The second-order valence-electron chi connectivity index (χ2n) is 8.69. The van der Waals surface area contributed by atoms with Gasteiger partial charge in [0.15, 0.2) is 8.38 Å². The van der Waals surface area contributed by atoms with Crippen LogP contribution in [0.4, 0.5) is 0 Å². The van der Waals surface area contributed by atoms with Gasteiger partial charge in [0.05, 0.1) is 31.8 Å². The van der Waals surface area contributed by atoms with Crippen LogP contribution in [0.2, 0.25) is 0 Å². The highest BCUT2D eigenvalue weighted by Crippen LogP contribution is 2.48. The van der Waals surface area contributed by atoms with E-state index in [2.05, 4.69) is 50.7 Å². The zero-order valence-corrected chi connectivity index (χ0v) is 25.8. The minimum atomic E-state index is -1.36. The van der Waals surface area contributed by atoms with E-state index in [0.29, 0.717) is 38.9 Å². The van der Waals surface area contributed by atoms with Gasteiger partial charge in [-0.25, -0.2) is 4.67 Å². The highest BCUT2D eigenvalue weighted by atomic mass is 31.2. The van der Waals surface area contributed by atoms with Crippen molar-refractivity contribution >= 4 is 29.2 Å². The monoisotopic (exact) mass is 576 g/mol. The minimum absolute atomic E-state index is 0.101. The molecule has 11 nitrogen and oxygen atoms in total. The fourth-order valence-corrected chi connectivity index (χ4v) is 5.83. The zero-order valence-electron chi connectivity index (χ0n) is 24.0. The topological polar surface area (TPSA) is 123 Å². The van der Waals surface area contributed by atoms with E-state index in [1.54, 1.807) is 32.4 Å². The molecular weight excluding hydrogens is 530 g/mol. The lowest BCUT2D eigenvalue weighted by atomic mass is 10.1. The van der Waals surface area contributed by atoms with E-state index < -0.39 is 22.8 Å². The molecule has 3 unspecified atom stereocenters. The molecule has 0 aliphatic heterocycles. The number of carbonyl (C=O) groups excluding carboxylic acids is 2. The summed E-state index contributed by atoms with van der Waals surface area (Å²) in [6.45, 7) is 11.1. The third-order valence-electron chi connectivity index (χ3n) is 5.18. The van der Waals surface area contributed by atoms with Crippen LogP contribution in [0.1, 0.15) is 60.3 Å². The van der Waals surface area contributed by atoms with Crippen LogP contribution in [0, 0.1) is 11.3 Å². The Morgan fingerprint density at radius 2 is 1.79 bits per heavy atom. The number of nitrogens with zero attached hydrogens (tertiary/aromatic N) is 3. The van der Waals surface area contributed by atoms with Crippen LogP contribution in [-0.2, 0) is 32.4 Å². The number of rotatable bonds is 22. The van der Waals surface area contributed by atoms with Crippen LogP contribution in [-0.4, -0.2) is 80.8 Å². The van der Waals surface area contributed by atoms with Crippen molar-refractivity contribution in [1.82, 2.24) is 14.9 Å². The van der Waals surface area contributed by atoms with Crippen LogP contribution in [0.5, 0.6) is 0 Å². The molecule has 0 aromatic heterocycles. The second-order valence-corrected chi connectivity index (χ2v) is 11.7. The Labute approximate surface area is 231 Å². The first-order valence-corrected chi connectivity index (χ1v) is 15.1. The van der Waals surface area contributed by atoms with Gasteiger partial charge in [-0.05, 0) is 52.8 Å². The smallest absolute Gasteiger partial charge is 0.259 e. The third kappa shape index (κ3) is 15.8. The molecule has 38 heavy (non-hydrogen) atoms. The molecule has 0 fully saturated rings. The summed E-state index contributed by atoms with van der Waals surface area (Å²) >= 11 is 0. The van der Waals surface area contributed by atoms with E-state index in [0.717, 1.165) is 6.42 Å². The predicted molar refractivity (Wildman–Crippen MR) is 151 cm³/mol. The number of nitrogens with one attached hydrogen (secondary N) is 1. The first kappa shape index (κ1) is 36.5. The fourth-order valence-electron chi connectivity index (χ4n) is 3.37. The van der Waals surface area contributed by atoms with Gasteiger partial charge in [-0.15, -0.1) is 0 Å². The molecule has 0 aliphatic carbocycles. The molecule has 0 aliphatic rings. The van der Waals surface area contributed by atoms with Crippen LogP contribution in [0.3, 0.4) is 0 Å². The van der Waals surface area contributed by atoms with Crippen molar-refractivity contribution in [3.8, 4) is 6.07 Å². The van der Waals surface area contributed by atoms with E-state index >= 15 is 0 Å². The third-order valence-corrected chi connectivity index (χ3v) is 8.54. The fraction of sp³-hybridized carbons (Fsp3) is 0.720. The molecule has 0 radical (unpaired) electrons. The Kier molecular flexibility index (Phi) is 21.5. The number of carbonyl (C=O) groups is 2. The molecule has 0 aromatic carbocycles. The molecule has 0 heterocycles. The van der Waals surface area contributed by atoms with Gasteiger partial charge in [-0.1, -0.05) is 13.0 Å². The quantitative estimate of drug-likeness (QED) is 0.0618.